The maximum atomic E-state index is 11.4. The Kier molecular flexibility index (Phi) is 3.48. The van der Waals surface area contributed by atoms with Crippen molar-refractivity contribution >= 4 is 5.97 Å². The van der Waals surface area contributed by atoms with Crippen molar-refractivity contribution in [1.29, 1.82) is 0 Å². The van der Waals surface area contributed by atoms with Gasteiger partial charge in [0, 0.05) is 6.54 Å². The Morgan fingerprint density at radius 2 is 2.12 bits per heavy atom. The first-order valence-corrected chi connectivity index (χ1v) is 6.06. The first kappa shape index (κ1) is 12.1. The summed E-state index contributed by atoms with van der Waals surface area (Å²) in [5.41, 5.74) is 2.40. The molecular weight excluding hydrogens is 214 g/mol. The summed E-state index contributed by atoms with van der Waals surface area (Å²) >= 11 is 0. The van der Waals surface area contributed by atoms with Gasteiger partial charge in [0.1, 0.15) is 0 Å². The van der Waals surface area contributed by atoms with Gasteiger partial charge in [0.25, 0.3) is 0 Å². The minimum absolute atomic E-state index is 0.157. The van der Waals surface area contributed by atoms with Gasteiger partial charge in [0.15, 0.2) is 0 Å². The van der Waals surface area contributed by atoms with Crippen molar-refractivity contribution in [1.82, 2.24) is 4.90 Å². The summed E-state index contributed by atoms with van der Waals surface area (Å²) in [6.07, 6.45) is 0.929. The molecule has 1 aromatic carbocycles. The molecule has 17 heavy (non-hydrogen) atoms. The molecule has 1 heterocycles. The first-order valence-electron chi connectivity index (χ1n) is 6.06. The van der Waals surface area contributed by atoms with E-state index in [4.69, 9.17) is 0 Å². The van der Waals surface area contributed by atoms with Gasteiger partial charge in [-0.1, -0.05) is 24.3 Å². The normalized spacial score (nSPS) is 25.8. The van der Waals surface area contributed by atoms with Crippen LogP contribution in [0.4, 0.5) is 0 Å². The maximum Gasteiger partial charge on any atom is 0.308 e. The third kappa shape index (κ3) is 2.50. The van der Waals surface area contributed by atoms with E-state index in [1.807, 2.05) is 19.2 Å². The van der Waals surface area contributed by atoms with Crippen LogP contribution in [0, 0.1) is 12.8 Å². The van der Waals surface area contributed by atoms with Gasteiger partial charge in [-0.3, -0.25) is 4.79 Å². The smallest absolute Gasteiger partial charge is 0.308 e. The van der Waals surface area contributed by atoms with Crippen LogP contribution in [0.1, 0.15) is 23.5 Å². The Morgan fingerprint density at radius 1 is 1.41 bits per heavy atom. The zero-order chi connectivity index (χ0) is 12.4. The molecule has 0 spiro atoms. The summed E-state index contributed by atoms with van der Waals surface area (Å²) in [5, 5.41) is 9.35. The number of hydrogen-bond acceptors (Lipinski definition) is 2. The van der Waals surface area contributed by atoms with E-state index in [-0.39, 0.29) is 11.8 Å². The second kappa shape index (κ2) is 4.88. The van der Waals surface area contributed by atoms with Crippen molar-refractivity contribution in [2.45, 2.75) is 19.3 Å². The molecule has 0 aromatic heterocycles. The van der Waals surface area contributed by atoms with Gasteiger partial charge in [0.2, 0.25) is 0 Å². The highest BCUT2D eigenvalue weighted by atomic mass is 16.4. The molecule has 0 radical (unpaired) electrons. The van der Waals surface area contributed by atoms with Crippen LogP contribution in [0.15, 0.2) is 24.3 Å². The van der Waals surface area contributed by atoms with Gasteiger partial charge in [-0.05, 0) is 44.0 Å². The summed E-state index contributed by atoms with van der Waals surface area (Å²) in [4.78, 5) is 13.5. The minimum atomic E-state index is -0.676. The Bertz CT molecular complexity index is 416. The van der Waals surface area contributed by atoms with E-state index in [9.17, 15) is 9.90 Å². The lowest BCUT2D eigenvalue weighted by molar-refractivity contribution is -0.144. The number of carbonyl (C=O) groups is 1. The number of likely N-dealkylation sites (tertiary alicyclic amines) is 1. The van der Waals surface area contributed by atoms with Gasteiger partial charge >= 0.3 is 5.97 Å². The molecular formula is C14H19NO2. The summed E-state index contributed by atoms with van der Waals surface area (Å²) in [6, 6.07) is 8.14. The summed E-state index contributed by atoms with van der Waals surface area (Å²) < 4.78 is 0. The zero-order valence-electron chi connectivity index (χ0n) is 10.4. The molecule has 0 aliphatic carbocycles. The van der Waals surface area contributed by atoms with Crippen molar-refractivity contribution in [3.63, 3.8) is 0 Å². The largest absolute Gasteiger partial charge is 0.481 e. The molecule has 1 aliphatic rings. The number of carboxylic acids is 1. The molecule has 1 N–H and O–H groups in total. The van der Waals surface area contributed by atoms with Gasteiger partial charge in [-0.15, -0.1) is 0 Å². The standard InChI is InChI=1S/C14H19NO2/c1-10-5-3-4-6-11(10)12-7-8-15(2)9-13(12)14(16)17/h3-6,12-13H,7-9H2,1-2H3,(H,16,17). The lowest BCUT2D eigenvalue weighted by atomic mass is 9.79. The lowest BCUT2D eigenvalue weighted by Gasteiger charge is -2.35. The maximum absolute atomic E-state index is 11.4. The van der Waals surface area contributed by atoms with Crippen molar-refractivity contribution in [3.05, 3.63) is 35.4 Å². The quantitative estimate of drug-likeness (QED) is 0.850. The molecule has 3 nitrogen and oxygen atoms in total. The van der Waals surface area contributed by atoms with Crippen LogP contribution < -0.4 is 0 Å². The fourth-order valence-electron chi connectivity index (χ4n) is 2.74. The van der Waals surface area contributed by atoms with Crippen LogP contribution >= 0.6 is 0 Å². The summed E-state index contributed by atoms with van der Waals surface area (Å²) in [6.45, 7) is 3.68. The number of hydrogen-bond donors (Lipinski definition) is 1. The highest BCUT2D eigenvalue weighted by molar-refractivity contribution is 5.72. The molecule has 2 unspecified atom stereocenters. The number of aliphatic carboxylic acids is 1. The fraction of sp³-hybridized carbons (Fsp3) is 0.500. The fourth-order valence-corrected chi connectivity index (χ4v) is 2.74. The number of carboxylic acid groups (broad SMARTS) is 1. The highest BCUT2D eigenvalue weighted by Gasteiger charge is 2.34. The third-order valence-corrected chi connectivity index (χ3v) is 3.72. The highest BCUT2D eigenvalue weighted by Crippen LogP contribution is 2.34. The molecule has 0 amide bonds. The predicted octanol–water partition coefficient (Wildman–Crippen LogP) is 2.11. The van der Waals surface area contributed by atoms with Crippen molar-refractivity contribution in [2.75, 3.05) is 20.1 Å². The molecule has 1 aromatic rings. The van der Waals surface area contributed by atoms with E-state index in [2.05, 4.69) is 24.0 Å². The number of piperidine rings is 1. The molecule has 1 saturated heterocycles. The van der Waals surface area contributed by atoms with Crippen LogP contribution in [-0.2, 0) is 4.79 Å². The second-order valence-electron chi connectivity index (χ2n) is 4.96. The first-order chi connectivity index (χ1) is 8.09. The summed E-state index contributed by atoms with van der Waals surface area (Å²) in [5.74, 6) is -0.801. The molecule has 0 bridgehead atoms. The van der Waals surface area contributed by atoms with Crippen molar-refractivity contribution in [2.24, 2.45) is 5.92 Å². The Hall–Kier alpha value is -1.35. The van der Waals surface area contributed by atoms with Gasteiger partial charge in [0.05, 0.1) is 5.92 Å². The SMILES string of the molecule is Cc1ccccc1C1CCN(C)CC1C(=O)O. The third-order valence-electron chi connectivity index (χ3n) is 3.72. The van der Waals surface area contributed by atoms with Crippen molar-refractivity contribution < 1.29 is 9.90 Å². The van der Waals surface area contributed by atoms with Crippen LogP contribution in [0.3, 0.4) is 0 Å². The van der Waals surface area contributed by atoms with Crippen LogP contribution in [0.2, 0.25) is 0 Å². The van der Waals surface area contributed by atoms with Gasteiger partial charge in [-0.2, -0.15) is 0 Å². The number of benzene rings is 1. The van der Waals surface area contributed by atoms with Crippen LogP contribution in [-0.4, -0.2) is 36.1 Å². The average molecular weight is 233 g/mol. The monoisotopic (exact) mass is 233 g/mol. The van der Waals surface area contributed by atoms with Gasteiger partial charge in [-0.25, -0.2) is 0 Å². The van der Waals surface area contributed by atoms with E-state index >= 15 is 0 Å². The predicted molar refractivity (Wildman–Crippen MR) is 67.2 cm³/mol. The van der Waals surface area contributed by atoms with E-state index in [0.717, 1.165) is 13.0 Å². The topological polar surface area (TPSA) is 40.5 Å². The van der Waals surface area contributed by atoms with Gasteiger partial charge < -0.3 is 10.0 Å². The summed E-state index contributed by atoms with van der Waals surface area (Å²) in [7, 11) is 1.99. The van der Waals surface area contributed by atoms with E-state index in [1.54, 1.807) is 0 Å². The number of aryl methyl sites for hydroxylation is 1. The zero-order valence-corrected chi connectivity index (χ0v) is 10.4. The number of rotatable bonds is 2. The van der Waals surface area contributed by atoms with Crippen molar-refractivity contribution in [3.8, 4) is 0 Å². The van der Waals surface area contributed by atoms with Crippen LogP contribution in [0.25, 0.3) is 0 Å². The molecule has 1 fully saturated rings. The second-order valence-corrected chi connectivity index (χ2v) is 4.96. The molecule has 2 atom stereocenters. The Morgan fingerprint density at radius 3 is 2.76 bits per heavy atom. The minimum Gasteiger partial charge on any atom is -0.481 e. The lowest BCUT2D eigenvalue weighted by Crippen LogP contribution is -2.41. The van der Waals surface area contributed by atoms with Crippen LogP contribution in [0.5, 0.6) is 0 Å². The van der Waals surface area contributed by atoms with E-state index in [0.29, 0.717) is 6.54 Å². The molecule has 3 heteroatoms. The van der Waals surface area contributed by atoms with E-state index < -0.39 is 5.97 Å². The Balaban J connectivity index is 2.30. The molecule has 92 valence electrons. The molecule has 0 saturated carbocycles. The molecule has 2 rings (SSSR count). The average Bonchev–Trinajstić information content (AvgIpc) is 2.30. The molecule has 1 aliphatic heterocycles. The van der Waals surface area contributed by atoms with E-state index in [1.165, 1.54) is 11.1 Å². The Labute approximate surface area is 102 Å². The number of nitrogens with zero attached hydrogens (tertiary/aromatic N) is 1.